The monoisotopic (exact) mass is 419 g/mol. The summed E-state index contributed by atoms with van der Waals surface area (Å²) >= 11 is 6.63. The summed E-state index contributed by atoms with van der Waals surface area (Å²) in [5, 5.41) is 5.22. The smallest absolute Gasteiger partial charge is 0.133 e. The molecule has 1 aromatic carbocycles. The van der Waals surface area contributed by atoms with Crippen LogP contribution in [0, 0.1) is 11.8 Å². The number of nitrogens with one attached hydrogen (secondary N) is 1. The van der Waals surface area contributed by atoms with Crippen LogP contribution in [0.15, 0.2) is 75.7 Å². The lowest BCUT2D eigenvalue weighted by molar-refractivity contribution is 0.208. The Kier molecular flexibility index (Phi) is 5.34. The molecule has 0 amide bonds. The lowest BCUT2D eigenvalue weighted by Gasteiger charge is -2.22. The molecule has 1 aromatic rings. The lowest BCUT2D eigenvalue weighted by atomic mass is 9.91. The van der Waals surface area contributed by atoms with Crippen LogP contribution in [0.3, 0.4) is 0 Å². The van der Waals surface area contributed by atoms with Gasteiger partial charge in [0.1, 0.15) is 5.76 Å². The highest BCUT2D eigenvalue weighted by Crippen LogP contribution is 2.33. The van der Waals surface area contributed by atoms with Crippen LogP contribution in [-0.2, 0) is 4.74 Å². The van der Waals surface area contributed by atoms with Crippen LogP contribution in [0.4, 0.5) is 0 Å². The van der Waals surface area contributed by atoms with Gasteiger partial charge in [0.2, 0.25) is 0 Å². The van der Waals surface area contributed by atoms with E-state index in [9.17, 15) is 0 Å². The Morgan fingerprint density at radius 2 is 2.00 bits per heavy atom. The Morgan fingerprint density at radius 1 is 1.17 bits per heavy atom. The number of halogens is 1. The van der Waals surface area contributed by atoms with E-state index in [1.54, 1.807) is 0 Å². The highest BCUT2D eigenvalue weighted by Gasteiger charge is 2.24. The van der Waals surface area contributed by atoms with Gasteiger partial charge in [0.25, 0.3) is 0 Å². The largest absolute Gasteiger partial charge is 0.492 e. The van der Waals surface area contributed by atoms with Crippen molar-refractivity contribution in [2.75, 3.05) is 6.61 Å². The van der Waals surface area contributed by atoms with Gasteiger partial charge in [-0.25, -0.2) is 0 Å². The average Bonchev–Trinajstić information content (AvgIpc) is 3.56. The average molecular weight is 420 g/mol. The van der Waals surface area contributed by atoms with E-state index >= 15 is 0 Å². The van der Waals surface area contributed by atoms with Crippen molar-refractivity contribution in [3.63, 3.8) is 0 Å². The van der Waals surface area contributed by atoms with Crippen molar-refractivity contribution in [3.05, 3.63) is 76.7 Å². The van der Waals surface area contributed by atoms with E-state index < -0.39 is 0 Å². The highest BCUT2D eigenvalue weighted by atomic mass is 35.5. The number of allylic oxidation sites excluding steroid dienone is 5. The second-order valence-corrected chi connectivity index (χ2v) is 8.90. The van der Waals surface area contributed by atoms with Crippen molar-refractivity contribution in [3.8, 4) is 0 Å². The molecular weight excluding hydrogens is 394 g/mol. The first-order chi connectivity index (χ1) is 14.7. The van der Waals surface area contributed by atoms with Crippen LogP contribution in [0.2, 0.25) is 0 Å². The Hall–Kier alpha value is -2.59. The molecule has 0 radical (unpaired) electrons. The number of fused-ring (bicyclic) bond motifs is 3. The second kappa shape index (κ2) is 8.27. The molecule has 30 heavy (non-hydrogen) atoms. The van der Waals surface area contributed by atoms with Crippen LogP contribution < -0.4 is 5.43 Å². The summed E-state index contributed by atoms with van der Waals surface area (Å²) in [5.74, 6) is 1.97. The van der Waals surface area contributed by atoms with E-state index in [1.165, 1.54) is 12.8 Å². The molecule has 2 bridgehead atoms. The van der Waals surface area contributed by atoms with Crippen LogP contribution in [0.5, 0.6) is 0 Å². The summed E-state index contributed by atoms with van der Waals surface area (Å²) in [6, 6.07) is 8.24. The number of hydrazone groups is 1. The highest BCUT2D eigenvalue weighted by molar-refractivity contribution is 6.33. The number of aliphatic imine (C=N–C) groups is 1. The first kappa shape index (κ1) is 19.4. The molecule has 154 valence electrons. The normalized spacial score (nSPS) is 26.8. The first-order valence-electron chi connectivity index (χ1n) is 10.8. The SMILES string of the molecule is C=C1NN=C(CC2=CC3CC/C=C(OCC4CC4)\C(Cl)=C/C(=N2)C3)c2ccccc21. The molecule has 2 heterocycles. The minimum absolute atomic E-state index is 0.453. The number of benzene rings is 1. The fourth-order valence-corrected chi connectivity index (χ4v) is 4.42. The van der Waals surface area contributed by atoms with Crippen LogP contribution in [0.25, 0.3) is 5.70 Å². The number of nitrogens with zero attached hydrogens (tertiary/aromatic N) is 2. The third kappa shape index (κ3) is 4.29. The zero-order valence-electron chi connectivity index (χ0n) is 17.0. The maximum atomic E-state index is 6.63. The van der Waals surface area contributed by atoms with Gasteiger partial charge in [0, 0.05) is 29.0 Å². The van der Waals surface area contributed by atoms with E-state index in [-0.39, 0.29) is 0 Å². The molecule has 4 aliphatic rings. The molecule has 5 heteroatoms. The summed E-state index contributed by atoms with van der Waals surface area (Å²) in [6.07, 6.45) is 12.6. The van der Waals surface area contributed by atoms with Crippen LogP contribution in [0.1, 0.15) is 49.7 Å². The van der Waals surface area contributed by atoms with Gasteiger partial charge in [0.15, 0.2) is 0 Å². The molecule has 5 rings (SSSR count). The number of rotatable bonds is 5. The molecule has 1 unspecified atom stereocenters. The summed E-state index contributed by atoms with van der Waals surface area (Å²) in [4.78, 5) is 4.93. The summed E-state index contributed by atoms with van der Waals surface area (Å²) in [7, 11) is 0. The second-order valence-electron chi connectivity index (χ2n) is 8.49. The van der Waals surface area contributed by atoms with Gasteiger partial charge >= 0.3 is 0 Å². The van der Waals surface area contributed by atoms with Gasteiger partial charge in [-0.2, -0.15) is 5.10 Å². The van der Waals surface area contributed by atoms with Crippen molar-refractivity contribution >= 4 is 28.7 Å². The molecule has 1 N–H and O–H groups in total. The third-order valence-corrected chi connectivity index (χ3v) is 6.29. The molecule has 0 aromatic heterocycles. The van der Waals surface area contributed by atoms with Crippen LogP contribution in [-0.4, -0.2) is 18.0 Å². The van der Waals surface area contributed by atoms with E-state index in [0.717, 1.165) is 65.6 Å². The Morgan fingerprint density at radius 3 is 2.83 bits per heavy atom. The first-order valence-corrected chi connectivity index (χ1v) is 11.1. The van der Waals surface area contributed by atoms with Gasteiger partial charge in [0.05, 0.1) is 23.0 Å². The van der Waals surface area contributed by atoms with Gasteiger partial charge in [-0.1, -0.05) is 48.5 Å². The predicted octanol–water partition coefficient (Wildman–Crippen LogP) is 5.93. The van der Waals surface area contributed by atoms with Gasteiger partial charge in [-0.15, -0.1) is 0 Å². The molecule has 0 saturated heterocycles. The van der Waals surface area contributed by atoms with Crippen LogP contribution >= 0.6 is 11.6 Å². The van der Waals surface area contributed by atoms with E-state index in [4.69, 9.17) is 21.3 Å². The molecule has 2 aliphatic carbocycles. The third-order valence-electron chi connectivity index (χ3n) is 5.99. The standard InChI is InChI=1S/C25H26ClN3O/c1-16-21-6-2-3-7-22(21)24(29-28-16)14-20-12-18-5-4-8-25(30-15-17-9-10-17)23(26)13-19(11-18)27-20/h2-3,6-8,12-13,17-18,28H,1,4-5,9-11,14-15H2/b23-13+,25-8+. The summed E-state index contributed by atoms with van der Waals surface area (Å²) in [5.41, 5.74) is 9.17. The molecule has 4 nitrogen and oxygen atoms in total. The van der Waals surface area contributed by atoms with E-state index in [1.807, 2.05) is 18.2 Å². The van der Waals surface area contributed by atoms with Crippen molar-refractivity contribution in [2.24, 2.45) is 21.9 Å². The van der Waals surface area contributed by atoms with E-state index in [2.05, 4.69) is 41.4 Å². The molecule has 0 spiro atoms. The van der Waals surface area contributed by atoms with Gasteiger partial charge < -0.3 is 4.74 Å². The molecule has 2 aliphatic heterocycles. The molecule has 1 saturated carbocycles. The van der Waals surface area contributed by atoms with Gasteiger partial charge in [-0.3, -0.25) is 10.4 Å². The fourth-order valence-electron chi connectivity index (χ4n) is 4.17. The van der Waals surface area contributed by atoms with Crippen molar-refractivity contribution in [1.29, 1.82) is 0 Å². The Bertz CT molecular complexity index is 1030. The molecule has 1 atom stereocenters. The number of hydrogen-bond acceptors (Lipinski definition) is 4. The summed E-state index contributed by atoms with van der Waals surface area (Å²) < 4.78 is 6.01. The van der Waals surface area contributed by atoms with E-state index in [0.29, 0.717) is 23.3 Å². The van der Waals surface area contributed by atoms with Crippen molar-refractivity contribution in [2.45, 2.75) is 38.5 Å². The Balaban J connectivity index is 1.37. The summed E-state index contributed by atoms with van der Waals surface area (Å²) in [6.45, 7) is 4.83. The lowest BCUT2D eigenvalue weighted by Crippen LogP contribution is -2.20. The maximum Gasteiger partial charge on any atom is 0.133 e. The minimum atomic E-state index is 0.453. The molecule has 1 fully saturated rings. The number of hydrogen-bond donors (Lipinski definition) is 1. The zero-order chi connectivity index (χ0) is 20.5. The fraction of sp³-hybridized carbons (Fsp3) is 0.360. The van der Waals surface area contributed by atoms with Crippen molar-refractivity contribution in [1.82, 2.24) is 5.43 Å². The molecular formula is C25H26ClN3O. The topological polar surface area (TPSA) is 46.0 Å². The number of ether oxygens (including phenoxy) is 1. The minimum Gasteiger partial charge on any atom is -0.492 e. The van der Waals surface area contributed by atoms with Crippen molar-refractivity contribution < 1.29 is 4.74 Å². The quantitative estimate of drug-likeness (QED) is 0.643. The predicted molar refractivity (Wildman–Crippen MR) is 123 cm³/mol. The maximum absolute atomic E-state index is 6.63. The van der Waals surface area contributed by atoms with Gasteiger partial charge in [-0.05, 0) is 56.1 Å². The Labute approximate surface area is 182 Å². The zero-order valence-corrected chi connectivity index (χ0v) is 17.8.